The third-order valence-electron chi connectivity index (χ3n) is 4.97. The Morgan fingerprint density at radius 2 is 2.08 bits per heavy atom. The molecule has 1 amide bonds. The molecule has 0 aliphatic carbocycles. The van der Waals surface area contributed by atoms with Gasteiger partial charge in [-0.05, 0) is 31.4 Å². The molecule has 0 radical (unpaired) electrons. The van der Waals surface area contributed by atoms with Crippen molar-refractivity contribution in [2.24, 2.45) is 5.92 Å². The molecule has 1 aromatic carbocycles. The highest BCUT2D eigenvalue weighted by Crippen LogP contribution is 2.30. The summed E-state index contributed by atoms with van der Waals surface area (Å²) in [4.78, 5) is 19.0. The molecule has 7 heteroatoms. The summed E-state index contributed by atoms with van der Waals surface area (Å²) < 4.78 is 29.1. The van der Waals surface area contributed by atoms with Crippen LogP contribution in [0.5, 0.6) is 0 Å². The lowest BCUT2D eigenvalue weighted by Crippen LogP contribution is -2.42. The fourth-order valence-electron chi connectivity index (χ4n) is 3.69. The van der Waals surface area contributed by atoms with Gasteiger partial charge in [0.1, 0.15) is 5.52 Å². The van der Waals surface area contributed by atoms with E-state index >= 15 is 0 Å². The Bertz CT molecular complexity index is 841. The standard InChI is InChI=1S/C17H20N2O4S/c20-17(13-7-9-24(21,22)11-13)19-8-3-4-12(10-19)16-18-14-5-1-2-6-15(14)23-16/h1-2,5-6,12-13H,3-4,7-11H2/t12-,13+/m1/s1. The molecule has 4 rings (SSSR count). The average Bonchev–Trinajstić information content (AvgIpc) is 3.17. The van der Waals surface area contributed by atoms with Crippen molar-refractivity contribution in [2.75, 3.05) is 24.6 Å². The van der Waals surface area contributed by atoms with Gasteiger partial charge >= 0.3 is 0 Å². The summed E-state index contributed by atoms with van der Waals surface area (Å²) >= 11 is 0. The Balaban J connectivity index is 1.50. The van der Waals surface area contributed by atoms with Crippen LogP contribution in [0.1, 0.15) is 31.1 Å². The number of para-hydroxylation sites is 2. The maximum absolute atomic E-state index is 12.6. The van der Waals surface area contributed by atoms with Crippen molar-refractivity contribution in [3.05, 3.63) is 30.2 Å². The first kappa shape index (κ1) is 15.6. The molecule has 0 spiro atoms. The molecule has 24 heavy (non-hydrogen) atoms. The zero-order chi connectivity index (χ0) is 16.7. The van der Waals surface area contributed by atoms with Gasteiger partial charge in [0.2, 0.25) is 5.91 Å². The predicted octanol–water partition coefficient (Wildman–Crippen LogP) is 1.97. The van der Waals surface area contributed by atoms with Gasteiger partial charge in [-0.25, -0.2) is 13.4 Å². The lowest BCUT2D eigenvalue weighted by atomic mass is 9.96. The van der Waals surface area contributed by atoms with Crippen molar-refractivity contribution in [1.82, 2.24) is 9.88 Å². The number of sulfone groups is 1. The molecule has 0 N–H and O–H groups in total. The van der Waals surface area contributed by atoms with E-state index in [0.29, 0.717) is 25.4 Å². The topological polar surface area (TPSA) is 80.5 Å². The number of carbonyl (C=O) groups excluding carboxylic acids is 1. The fourth-order valence-corrected chi connectivity index (χ4v) is 5.42. The minimum absolute atomic E-state index is 0.00408. The van der Waals surface area contributed by atoms with Crippen LogP contribution in [0.4, 0.5) is 0 Å². The highest BCUT2D eigenvalue weighted by atomic mass is 32.2. The second-order valence-corrected chi connectivity index (χ2v) is 8.97. The van der Waals surface area contributed by atoms with E-state index in [4.69, 9.17) is 4.42 Å². The summed E-state index contributed by atoms with van der Waals surface area (Å²) in [5.41, 5.74) is 1.59. The summed E-state index contributed by atoms with van der Waals surface area (Å²) in [5, 5.41) is 0. The minimum atomic E-state index is -3.04. The molecule has 0 bridgehead atoms. The Hall–Kier alpha value is -1.89. The molecule has 2 saturated heterocycles. The van der Waals surface area contributed by atoms with E-state index in [9.17, 15) is 13.2 Å². The molecule has 2 fully saturated rings. The largest absolute Gasteiger partial charge is 0.440 e. The van der Waals surface area contributed by atoms with Crippen molar-refractivity contribution in [1.29, 1.82) is 0 Å². The molecule has 2 atom stereocenters. The number of aromatic nitrogens is 1. The maximum Gasteiger partial charge on any atom is 0.226 e. The Kier molecular flexibility index (Phi) is 3.83. The monoisotopic (exact) mass is 348 g/mol. The Morgan fingerprint density at radius 3 is 2.83 bits per heavy atom. The fraction of sp³-hybridized carbons (Fsp3) is 0.529. The van der Waals surface area contributed by atoms with Crippen LogP contribution in [0.2, 0.25) is 0 Å². The van der Waals surface area contributed by atoms with Crippen molar-refractivity contribution < 1.29 is 17.6 Å². The highest BCUT2D eigenvalue weighted by Gasteiger charge is 2.37. The molecule has 2 aliphatic heterocycles. The molecular formula is C17H20N2O4S. The van der Waals surface area contributed by atoms with Crippen molar-refractivity contribution in [3.8, 4) is 0 Å². The highest BCUT2D eigenvalue weighted by molar-refractivity contribution is 7.91. The number of carbonyl (C=O) groups is 1. The maximum atomic E-state index is 12.6. The van der Waals surface area contributed by atoms with E-state index in [2.05, 4.69) is 4.98 Å². The first-order valence-electron chi connectivity index (χ1n) is 8.36. The normalized spacial score (nSPS) is 26.8. The first-order chi connectivity index (χ1) is 11.5. The number of oxazole rings is 1. The quantitative estimate of drug-likeness (QED) is 0.829. The number of rotatable bonds is 2. The number of hydrogen-bond acceptors (Lipinski definition) is 5. The van der Waals surface area contributed by atoms with Gasteiger partial charge in [0.25, 0.3) is 0 Å². The summed E-state index contributed by atoms with van der Waals surface area (Å²) in [6.07, 6.45) is 2.26. The molecule has 3 heterocycles. The second-order valence-electron chi connectivity index (χ2n) is 6.74. The SMILES string of the molecule is O=C([C@H]1CCS(=O)(=O)C1)N1CCC[C@@H](c2nc3ccccc3o2)C1. The summed E-state index contributed by atoms with van der Waals surface area (Å²) in [5.74, 6) is 0.469. The van der Waals surface area contributed by atoms with Gasteiger partial charge in [-0.3, -0.25) is 4.79 Å². The number of hydrogen-bond donors (Lipinski definition) is 0. The van der Waals surface area contributed by atoms with Gasteiger partial charge in [-0.15, -0.1) is 0 Å². The van der Waals surface area contributed by atoms with Crippen LogP contribution in [-0.2, 0) is 14.6 Å². The van der Waals surface area contributed by atoms with Crippen LogP contribution >= 0.6 is 0 Å². The van der Waals surface area contributed by atoms with Crippen molar-refractivity contribution in [2.45, 2.75) is 25.2 Å². The van der Waals surface area contributed by atoms with E-state index in [0.717, 1.165) is 23.9 Å². The lowest BCUT2D eigenvalue weighted by molar-refractivity contribution is -0.136. The van der Waals surface area contributed by atoms with Crippen LogP contribution in [0.3, 0.4) is 0 Å². The van der Waals surface area contributed by atoms with Gasteiger partial charge in [-0.1, -0.05) is 12.1 Å². The summed E-state index contributed by atoms with van der Waals surface area (Å²) in [6, 6.07) is 7.64. The summed E-state index contributed by atoms with van der Waals surface area (Å²) in [6.45, 7) is 1.24. The average molecular weight is 348 g/mol. The summed E-state index contributed by atoms with van der Waals surface area (Å²) in [7, 11) is -3.04. The number of nitrogens with zero attached hydrogens (tertiary/aromatic N) is 2. The smallest absolute Gasteiger partial charge is 0.226 e. The Labute approximate surface area is 140 Å². The molecule has 2 aliphatic rings. The zero-order valence-corrected chi connectivity index (χ0v) is 14.2. The van der Waals surface area contributed by atoms with Crippen LogP contribution in [0, 0.1) is 5.92 Å². The van der Waals surface area contributed by atoms with Crippen molar-refractivity contribution >= 4 is 26.8 Å². The Morgan fingerprint density at radius 1 is 1.25 bits per heavy atom. The van der Waals surface area contributed by atoms with E-state index in [-0.39, 0.29) is 29.2 Å². The van der Waals surface area contributed by atoms with Crippen LogP contribution in [0.15, 0.2) is 28.7 Å². The number of amides is 1. The molecule has 128 valence electrons. The molecule has 1 aromatic heterocycles. The molecular weight excluding hydrogens is 328 g/mol. The van der Waals surface area contributed by atoms with Crippen LogP contribution in [-0.4, -0.2) is 48.8 Å². The third-order valence-corrected chi connectivity index (χ3v) is 6.74. The van der Waals surface area contributed by atoms with Crippen LogP contribution < -0.4 is 0 Å². The number of piperidine rings is 1. The second kappa shape index (κ2) is 5.88. The first-order valence-corrected chi connectivity index (χ1v) is 10.2. The van der Waals surface area contributed by atoms with Gasteiger partial charge in [0.15, 0.2) is 21.3 Å². The lowest BCUT2D eigenvalue weighted by Gasteiger charge is -2.32. The molecule has 0 unspecified atom stereocenters. The molecule has 2 aromatic rings. The third kappa shape index (κ3) is 2.92. The molecule has 0 saturated carbocycles. The van der Waals surface area contributed by atoms with Gasteiger partial charge in [-0.2, -0.15) is 0 Å². The van der Waals surface area contributed by atoms with E-state index in [1.807, 2.05) is 24.3 Å². The van der Waals surface area contributed by atoms with E-state index in [1.54, 1.807) is 4.90 Å². The van der Waals surface area contributed by atoms with E-state index < -0.39 is 9.84 Å². The van der Waals surface area contributed by atoms with Crippen LogP contribution in [0.25, 0.3) is 11.1 Å². The van der Waals surface area contributed by atoms with Gasteiger partial charge in [0.05, 0.1) is 23.3 Å². The number of benzene rings is 1. The number of likely N-dealkylation sites (tertiary alicyclic amines) is 1. The van der Waals surface area contributed by atoms with E-state index in [1.165, 1.54) is 0 Å². The van der Waals surface area contributed by atoms with Gasteiger partial charge in [0, 0.05) is 13.1 Å². The zero-order valence-electron chi connectivity index (χ0n) is 13.3. The minimum Gasteiger partial charge on any atom is -0.440 e. The van der Waals surface area contributed by atoms with Gasteiger partial charge < -0.3 is 9.32 Å². The predicted molar refractivity (Wildman–Crippen MR) is 89.3 cm³/mol. The molecule has 6 nitrogen and oxygen atoms in total. The van der Waals surface area contributed by atoms with Crippen molar-refractivity contribution in [3.63, 3.8) is 0 Å². The number of fused-ring (bicyclic) bond motifs is 1.